The van der Waals surface area contributed by atoms with Crippen molar-refractivity contribution in [2.45, 2.75) is 13.0 Å². The number of hydrogen-bond acceptors (Lipinski definition) is 2. The van der Waals surface area contributed by atoms with Gasteiger partial charge in [0.15, 0.2) is 0 Å². The van der Waals surface area contributed by atoms with Gasteiger partial charge in [0, 0.05) is 30.2 Å². The molecule has 16 heavy (non-hydrogen) atoms. The molecule has 1 fully saturated rings. The summed E-state index contributed by atoms with van der Waals surface area (Å²) in [6.07, 6.45) is 1.10. The highest BCUT2D eigenvalue weighted by atomic mass is 35.5. The molecule has 0 bridgehead atoms. The standard InChI is InChI=1S/C12H16ClFN2/c13-11-3-1-4-12(14)10(11)9-16-7-2-5-15-6-8-16/h1,3-4,15H,2,5-9H2. The van der Waals surface area contributed by atoms with Crippen LogP contribution in [0.25, 0.3) is 0 Å². The smallest absolute Gasteiger partial charge is 0.129 e. The van der Waals surface area contributed by atoms with E-state index in [0.717, 1.165) is 32.6 Å². The van der Waals surface area contributed by atoms with Crippen molar-refractivity contribution in [2.24, 2.45) is 0 Å². The number of nitrogens with one attached hydrogen (secondary N) is 1. The van der Waals surface area contributed by atoms with E-state index in [-0.39, 0.29) is 5.82 Å². The molecule has 2 rings (SSSR count). The van der Waals surface area contributed by atoms with E-state index < -0.39 is 0 Å². The molecule has 0 unspecified atom stereocenters. The summed E-state index contributed by atoms with van der Waals surface area (Å²) < 4.78 is 13.6. The van der Waals surface area contributed by atoms with Gasteiger partial charge < -0.3 is 5.32 Å². The molecule has 1 N–H and O–H groups in total. The zero-order valence-corrected chi connectivity index (χ0v) is 9.93. The van der Waals surface area contributed by atoms with Gasteiger partial charge in [-0.15, -0.1) is 0 Å². The van der Waals surface area contributed by atoms with Gasteiger partial charge >= 0.3 is 0 Å². The van der Waals surface area contributed by atoms with Crippen LogP contribution in [0.4, 0.5) is 4.39 Å². The lowest BCUT2D eigenvalue weighted by atomic mass is 10.2. The average Bonchev–Trinajstić information content (AvgIpc) is 2.52. The third kappa shape index (κ3) is 2.94. The Bertz CT molecular complexity index is 329. The zero-order valence-electron chi connectivity index (χ0n) is 9.18. The molecule has 0 amide bonds. The average molecular weight is 243 g/mol. The summed E-state index contributed by atoms with van der Waals surface area (Å²) in [7, 11) is 0. The van der Waals surface area contributed by atoms with Crippen molar-refractivity contribution >= 4 is 11.6 Å². The number of rotatable bonds is 2. The summed E-state index contributed by atoms with van der Waals surface area (Å²) >= 11 is 6.01. The molecule has 1 saturated heterocycles. The van der Waals surface area contributed by atoms with Crippen molar-refractivity contribution in [3.63, 3.8) is 0 Å². The fraction of sp³-hybridized carbons (Fsp3) is 0.500. The van der Waals surface area contributed by atoms with Gasteiger partial charge in [0.05, 0.1) is 0 Å². The van der Waals surface area contributed by atoms with Crippen LogP contribution in [0.3, 0.4) is 0 Å². The van der Waals surface area contributed by atoms with Crippen LogP contribution >= 0.6 is 11.6 Å². The van der Waals surface area contributed by atoms with Gasteiger partial charge in [-0.2, -0.15) is 0 Å². The van der Waals surface area contributed by atoms with Crippen molar-refractivity contribution in [3.8, 4) is 0 Å². The number of nitrogens with zero attached hydrogens (tertiary/aromatic N) is 1. The van der Waals surface area contributed by atoms with Crippen LogP contribution in [0.15, 0.2) is 18.2 Å². The van der Waals surface area contributed by atoms with E-state index in [1.54, 1.807) is 12.1 Å². The molecule has 4 heteroatoms. The van der Waals surface area contributed by atoms with E-state index in [9.17, 15) is 4.39 Å². The zero-order chi connectivity index (χ0) is 11.4. The molecule has 0 aromatic heterocycles. The van der Waals surface area contributed by atoms with Crippen molar-refractivity contribution in [1.82, 2.24) is 10.2 Å². The predicted octanol–water partition coefficient (Wildman–Crippen LogP) is 2.27. The van der Waals surface area contributed by atoms with Gasteiger partial charge in [0.2, 0.25) is 0 Å². The first-order valence-electron chi connectivity index (χ1n) is 5.63. The summed E-state index contributed by atoms with van der Waals surface area (Å²) in [5.41, 5.74) is 0.617. The number of hydrogen-bond donors (Lipinski definition) is 1. The first-order chi connectivity index (χ1) is 7.77. The topological polar surface area (TPSA) is 15.3 Å². The van der Waals surface area contributed by atoms with Gasteiger partial charge in [-0.3, -0.25) is 4.90 Å². The molecule has 1 aromatic rings. The van der Waals surface area contributed by atoms with Gasteiger partial charge in [0.1, 0.15) is 5.82 Å². The molecule has 0 atom stereocenters. The normalized spacial score (nSPS) is 18.4. The van der Waals surface area contributed by atoms with Gasteiger partial charge in [-0.05, 0) is 31.6 Å². The molecule has 1 aliphatic rings. The Morgan fingerprint density at radius 2 is 2.19 bits per heavy atom. The van der Waals surface area contributed by atoms with Crippen LogP contribution in [-0.4, -0.2) is 31.1 Å². The molecule has 88 valence electrons. The second-order valence-electron chi connectivity index (χ2n) is 4.08. The second-order valence-corrected chi connectivity index (χ2v) is 4.49. The van der Waals surface area contributed by atoms with E-state index in [0.29, 0.717) is 17.1 Å². The van der Waals surface area contributed by atoms with Crippen LogP contribution < -0.4 is 5.32 Å². The van der Waals surface area contributed by atoms with Gasteiger partial charge in [-0.1, -0.05) is 17.7 Å². The fourth-order valence-corrected chi connectivity index (χ4v) is 2.19. The minimum atomic E-state index is -0.204. The number of benzene rings is 1. The first kappa shape index (κ1) is 11.8. The summed E-state index contributed by atoms with van der Waals surface area (Å²) in [5.74, 6) is -0.204. The largest absolute Gasteiger partial charge is 0.315 e. The summed E-state index contributed by atoms with van der Waals surface area (Å²) in [4.78, 5) is 2.24. The van der Waals surface area contributed by atoms with E-state index in [2.05, 4.69) is 10.2 Å². The maximum Gasteiger partial charge on any atom is 0.129 e. The molecular formula is C12H16ClFN2. The van der Waals surface area contributed by atoms with Crippen LogP contribution in [0.1, 0.15) is 12.0 Å². The lowest BCUT2D eigenvalue weighted by molar-refractivity contribution is 0.280. The Labute approximate surface area is 100 Å². The van der Waals surface area contributed by atoms with Gasteiger partial charge in [0.25, 0.3) is 0 Å². The van der Waals surface area contributed by atoms with Crippen molar-refractivity contribution < 1.29 is 4.39 Å². The molecule has 1 aliphatic heterocycles. The van der Waals surface area contributed by atoms with Crippen LogP contribution in [0.2, 0.25) is 5.02 Å². The van der Waals surface area contributed by atoms with E-state index in [1.165, 1.54) is 6.07 Å². The minimum absolute atomic E-state index is 0.204. The maximum absolute atomic E-state index is 13.6. The molecule has 0 radical (unpaired) electrons. The van der Waals surface area contributed by atoms with E-state index >= 15 is 0 Å². The Balaban J connectivity index is 2.07. The molecule has 0 saturated carbocycles. The SMILES string of the molecule is Fc1cccc(Cl)c1CN1CCCNCC1. The van der Waals surface area contributed by atoms with Crippen LogP contribution in [-0.2, 0) is 6.54 Å². The lowest BCUT2D eigenvalue weighted by Crippen LogP contribution is -2.28. The third-order valence-corrected chi connectivity index (χ3v) is 3.23. The Morgan fingerprint density at radius 1 is 1.31 bits per heavy atom. The van der Waals surface area contributed by atoms with E-state index in [1.807, 2.05) is 0 Å². The molecule has 0 aliphatic carbocycles. The van der Waals surface area contributed by atoms with Crippen LogP contribution in [0, 0.1) is 5.82 Å². The van der Waals surface area contributed by atoms with Crippen molar-refractivity contribution in [3.05, 3.63) is 34.6 Å². The predicted molar refractivity (Wildman–Crippen MR) is 64.2 cm³/mol. The molecule has 2 nitrogen and oxygen atoms in total. The Morgan fingerprint density at radius 3 is 3.00 bits per heavy atom. The quantitative estimate of drug-likeness (QED) is 0.856. The molecule has 1 heterocycles. The molecular weight excluding hydrogens is 227 g/mol. The second kappa shape index (κ2) is 5.62. The lowest BCUT2D eigenvalue weighted by Gasteiger charge is -2.20. The van der Waals surface area contributed by atoms with Gasteiger partial charge in [-0.25, -0.2) is 4.39 Å². The molecule has 1 aromatic carbocycles. The fourth-order valence-electron chi connectivity index (χ4n) is 1.97. The van der Waals surface area contributed by atoms with E-state index in [4.69, 9.17) is 11.6 Å². The highest BCUT2D eigenvalue weighted by molar-refractivity contribution is 6.31. The molecule has 0 spiro atoms. The van der Waals surface area contributed by atoms with Crippen LogP contribution in [0.5, 0.6) is 0 Å². The Kier molecular flexibility index (Phi) is 4.16. The third-order valence-electron chi connectivity index (χ3n) is 2.88. The van der Waals surface area contributed by atoms with Crippen molar-refractivity contribution in [2.75, 3.05) is 26.2 Å². The summed E-state index contributed by atoms with van der Waals surface area (Å²) in [5, 5.41) is 3.85. The highest BCUT2D eigenvalue weighted by Crippen LogP contribution is 2.20. The first-order valence-corrected chi connectivity index (χ1v) is 6.01. The van der Waals surface area contributed by atoms with Crippen molar-refractivity contribution in [1.29, 1.82) is 0 Å². The monoisotopic (exact) mass is 242 g/mol. The maximum atomic E-state index is 13.6. The Hall–Kier alpha value is -0.640. The highest BCUT2D eigenvalue weighted by Gasteiger charge is 2.13. The summed E-state index contributed by atoms with van der Waals surface area (Å²) in [6, 6.07) is 4.86. The number of halogens is 2. The minimum Gasteiger partial charge on any atom is -0.315 e. The summed E-state index contributed by atoms with van der Waals surface area (Å²) in [6.45, 7) is 4.56.